The first kappa shape index (κ1) is 27.5. The molecular weight excluding hydrogens is 513 g/mol. The number of hydrogen-bond donors (Lipinski definition) is 2. The van der Waals surface area contributed by atoms with E-state index >= 15 is 0 Å². The number of para-hydroxylation sites is 1. The summed E-state index contributed by atoms with van der Waals surface area (Å²) in [7, 11) is -0.267. The molecule has 13 nitrogen and oxygen atoms in total. The van der Waals surface area contributed by atoms with E-state index in [0.717, 1.165) is 0 Å². The first-order valence-electron chi connectivity index (χ1n) is 11.9. The van der Waals surface area contributed by atoms with E-state index in [4.69, 9.17) is 29.0 Å². The minimum atomic E-state index is -1.73. The molecule has 0 aliphatic carbocycles. The fourth-order valence-electron chi connectivity index (χ4n) is 4.01. The summed E-state index contributed by atoms with van der Waals surface area (Å²) in [6, 6.07) is 11.5. The number of fused-ring (bicyclic) bond motifs is 1. The lowest BCUT2D eigenvalue weighted by Crippen LogP contribution is -2.26. The van der Waals surface area contributed by atoms with E-state index in [1.807, 2.05) is 18.2 Å². The topological polar surface area (TPSA) is 169 Å². The van der Waals surface area contributed by atoms with Crippen LogP contribution < -0.4 is 20.1 Å². The number of carbonyl (C=O) groups is 1. The van der Waals surface area contributed by atoms with Crippen LogP contribution in [-0.2, 0) is 18.8 Å². The van der Waals surface area contributed by atoms with E-state index < -0.39 is 32.2 Å². The summed E-state index contributed by atoms with van der Waals surface area (Å²) >= 11 is 0. The second-order valence-corrected chi connectivity index (χ2v) is 10.4. The Morgan fingerprint density at radius 2 is 2.13 bits per heavy atom. The maximum Gasteiger partial charge on any atom is 0.320 e. The summed E-state index contributed by atoms with van der Waals surface area (Å²) in [6.45, 7) is 5.36. The number of nitriles is 1. The number of benzene rings is 1. The Kier molecular flexibility index (Phi) is 8.58. The van der Waals surface area contributed by atoms with Crippen LogP contribution in [0.5, 0.6) is 11.6 Å². The van der Waals surface area contributed by atoms with E-state index in [-0.39, 0.29) is 31.1 Å². The van der Waals surface area contributed by atoms with Crippen LogP contribution in [0.1, 0.15) is 33.4 Å². The van der Waals surface area contributed by atoms with E-state index in [0.29, 0.717) is 23.3 Å². The van der Waals surface area contributed by atoms with Crippen molar-refractivity contribution < 1.29 is 28.1 Å². The van der Waals surface area contributed by atoms with Crippen molar-refractivity contribution in [2.24, 2.45) is 5.41 Å². The van der Waals surface area contributed by atoms with E-state index in [1.54, 1.807) is 37.5 Å². The maximum atomic E-state index is 12.1. The van der Waals surface area contributed by atoms with Gasteiger partial charge in [-0.1, -0.05) is 18.2 Å². The first-order valence-corrected chi connectivity index (χ1v) is 13.1. The van der Waals surface area contributed by atoms with Crippen molar-refractivity contribution in [1.82, 2.24) is 24.6 Å². The number of nitrogens with two attached hydrogens (primary N) is 1. The van der Waals surface area contributed by atoms with Gasteiger partial charge in [0.25, 0.3) is 0 Å². The number of esters is 1. The monoisotopic (exact) mass is 543 g/mol. The molecule has 38 heavy (non-hydrogen) atoms. The lowest BCUT2D eigenvalue weighted by atomic mass is 9.87. The maximum absolute atomic E-state index is 12.1. The van der Waals surface area contributed by atoms with Gasteiger partial charge in [-0.05, 0) is 39.3 Å². The van der Waals surface area contributed by atoms with Crippen LogP contribution in [0.25, 0.3) is 11.2 Å². The largest absolute Gasteiger partial charge is 0.479 e. The zero-order valence-electron chi connectivity index (χ0n) is 21.5. The van der Waals surface area contributed by atoms with Crippen LogP contribution in [0.3, 0.4) is 0 Å². The van der Waals surface area contributed by atoms with Gasteiger partial charge >= 0.3 is 14.5 Å². The number of rotatable bonds is 11. The standard InChI is InChI=1S/C24H30N7O6P/c1-15(2)35-18(32)11-28-38(37-16-8-6-5-7-9-16)34-12-17-10-24(3,13-25)22(36-17)31-14-27-19-20(31)29-23(26)30-21(19)33-4/h5-9,14-15,17,22,28H,10-12H2,1-4H3,(H2,26,29,30). The van der Waals surface area contributed by atoms with Gasteiger partial charge in [-0.3, -0.25) is 9.36 Å². The predicted molar refractivity (Wildman–Crippen MR) is 138 cm³/mol. The zero-order valence-corrected chi connectivity index (χ0v) is 22.4. The first-order chi connectivity index (χ1) is 18.2. The molecule has 4 rings (SSSR count). The van der Waals surface area contributed by atoms with Crippen LogP contribution >= 0.6 is 8.53 Å². The van der Waals surface area contributed by atoms with Gasteiger partial charge in [0.2, 0.25) is 11.8 Å². The number of imidazole rings is 1. The summed E-state index contributed by atoms with van der Waals surface area (Å²) < 4.78 is 30.4. The van der Waals surface area contributed by atoms with Crippen molar-refractivity contribution in [2.45, 2.75) is 45.6 Å². The lowest BCUT2D eigenvalue weighted by molar-refractivity contribution is -0.145. The van der Waals surface area contributed by atoms with Crippen LogP contribution in [0.2, 0.25) is 0 Å². The van der Waals surface area contributed by atoms with Crippen LogP contribution in [-0.4, -0.2) is 58.0 Å². The average Bonchev–Trinajstić information content (AvgIpc) is 3.46. The molecule has 0 spiro atoms. The molecule has 1 aromatic carbocycles. The smallest absolute Gasteiger partial charge is 0.320 e. The second-order valence-electron chi connectivity index (χ2n) is 9.09. The van der Waals surface area contributed by atoms with Crippen molar-refractivity contribution in [2.75, 3.05) is 26.0 Å². The molecule has 3 N–H and O–H groups in total. The minimum Gasteiger partial charge on any atom is -0.479 e. The van der Waals surface area contributed by atoms with Gasteiger partial charge in [0.15, 0.2) is 17.4 Å². The second kappa shape index (κ2) is 11.9. The molecule has 0 amide bonds. The number of ether oxygens (including phenoxy) is 3. The number of hydrogen-bond acceptors (Lipinski definition) is 12. The highest BCUT2D eigenvalue weighted by atomic mass is 31.2. The fraction of sp³-hybridized carbons (Fsp3) is 0.458. The molecular formula is C24H30N7O6P. The molecule has 0 bridgehead atoms. The summed E-state index contributed by atoms with van der Waals surface area (Å²) in [5.74, 6) is 0.393. The Balaban J connectivity index is 1.48. The van der Waals surface area contributed by atoms with E-state index in [9.17, 15) is 10.1 Å². The summed E-state index contributed by atoms with van der Waals surface area (Å²) in [4.78, 5) is 24.8. The van der Waals surface area contributed by atoms with Crippen LogP contribution in [0.15, 0.2) is 36.7 Å². The SMILES string of the molecule is COc1nc(N)nc2c1ncn2C1OC(COP(NCC(=O)OC(C)C)Oc2ccccc2)CC1(C)C#N. The van der Waals surface area contributed by atoms with E-state index in [2.05, 4.69) is 26.1 Å². The van der Waals surface area contributed by atoms with E-state index in [1.165, 1.54) is 13.4 Å². The molecule has 1 aliphatic heterocycles. The molecule has 3 aromatic rings. The highest BCUT2D eigenvalue weighted by Gasteiger charge is 2.48. The molecule has 4 unspecified atom stereocenters. The number of methoxy groups -OCH3 is 1. The predicted octanol–water partition coefficient (Wildman–Crippen LogP) is 3.10. The number of anilines is 1. The summed E-state index contributed by atoms with van der Waals surface area (Å²) in [5.41, 5.74) is 5.73. The molecule has 1 saturated heterocycles. The third-order valence-corrected chi connectivity index (χ3v) is 6.83. The molecule has 3 heterocycles. The van der Waals surface area contributed by atoms with Crippen molar-refractivity contribution in [1.29, 1.82) is 5.26 Å². The normalized spacial score (nSPS) is 21.8. The molecule has 202 valence electrons. The quantitative estimate of drug-likeness (QED) is 0.268. The molecule has 4 atom stereocenters. The van der Waals surface area contributed by atoms with Crippen molar-refractivity contribution in [3.63, 3.8) is 0 Å². The van der Waals surface area contributed by atoms with Crippen molar-refractivity contribution in [3.8, 4) is 17.7 Å². The third-order valence-electron chi connectivity index (χ3n) is 5.66. The van der Waals surface area contributed by atoms with Gasteiger partial charge in [0, 0.05) is 0 Å². The highest BCUT2D eigenvalue weighted by molar-refractivity contribution is 7.45. The number of nitrogen functional groups attached to an aromatic ring is 1. The van der Waals surface area contributed by atoms with Gasteiger partial charge in [-0.15, -0.1) is 0 Å². The average molecular weight is 544 g/mol. The van der Waals surface area contributed by atoms with Gasteiger partial charge in [-0.2, -0.15) is 15.2 Å². The molecule has 1 fully saturated rings. The Morgan fingerprint density at radius 3 is 2.82 bits per heavy atom. The molecule has 1 aliphatic rings. The van der Waals surface area contributed by atoms with Gasteiger partial charge < -0.3 is 29.0 Å². The molecule has 2 aromatic heterocycles. The molecule has 0 saturated carbocycles. The number of carbonyl (C=O) groups excluding carboxylic acids is 1. The van der Waals surface area contributed by atoms with Gasteiger partial charge in [0.05, 0.1) is 38.3 Å². The molecule has 0 radical (unpaired) electrons. The Labute approximate surface area is 221 Å². The lowest BCUT2D eigenvalue weighted by Gasteiger charge is -2.23. The zero-order chi connectivity index (χ0) is 27.3. The number of nitrogens with one attached hydrogen (secondary N) is 1. The van der Waals surface area contributed by atoms with Gasteiger partial charge in [0.1, 0.15) is 17.7 Å². The third kappa shape index (κ3) is 6.28. The summed E-state index contributed by atoms with van der Waals surface area (Å²) in [6.07, 6.45) is 0.476. The number of aromatic nitrogens is 4. The minimum absolute atomic E-state index is 0.0124. The Morgan fingerprint density at radius 1 is 1.37 bits per heavy atom. The highest BCUT2D eigenvalue weighted by Crippen LogP contribution is 2.47. The Bertz CT molecular complexity index is 1300. The van der Waals surface area contributed by atoms with Crippen LogP contribution in [0, 0.1) is 16.7 Å². The number of nitrogens with zero attached hydrogens (tertiary/aromatic N) is 5. The Hall–Kier alpha value is -3.56. The fourth-order valence-corrected chi connectivity index (χ4v) is 5.09. The van der Waals surface area contributed by atoms with Gasteiger partial charge in [-0.25, -0.2) is 10.1 Å². The molecule has 14 heteroatoms. The van der Waals surface area contributed by atoms with Crippen LogP contribution in [0.4, 0.5) is 5.95 Å². The summed E-state index contributed by atoms with van der Waals surface area (Å²) in [5, 5.41) is 13.0. The van der Waals surface area contributed by atoms with Crippen molar-refractivity contribution >= 4 is 31.6 Å². The van der Waals surface area contributed by atoms with Crippen molar-refractivity contribution in [3.05, 3.63) is 36.7 Å².